The number of hydrogen-bond donors (Lipinski definition) is 2. The summed E-state index contributed by atoms with van der Waals surface area (Å²) in [4.78, 5) is 11.9. The van der Waals surface area contributed by atoms with Gasteiger partial charge in [-0.2, -0.15) is 0 Å². The summed E-state index contributed by atoms with van der Waals surface area (Å²) in [5.74, 6) is -0.0308. The standard InChI is InChI=1S/C16H24N2O2/c1-15(2)10-13(16(3,4)20-15)17-11-14(19)18-12-8-6-5-7-9-12/h5-9,13,17H,10-11H2,1-4H3,(H,18,19)/t13-/m1/s1. The van der Waals surface area contributed by atoms with Gasteiger partial charge in [0.2, 0.25) is 5.91 Å². The van der Waals surface area contributed by atoms with E-state index in [9.17, 15) is 4.79 Å². The Bertz CT molecular complexity index is 469. The first-order valence-corrected chi connectivity index (χ1v) is 7.07. The summed E-state index contributed by atoms with van der Waals surface area (Å²) in [6.45, 7) is 8.59. The first-order valence-electron chi connectivity index (χ1n) is 7.07. The Morgan fingerprint density at radius 3 is 2.45 bits per heavy atom. The summed E-state index contributed by atoms with van der Waals surface area (Å²) in [5.41, 5.74) is 0.426. The van der Waals surface area contributed by atoms with E-state index in [0.29, 0.717) is 6.54 Å². The topological polar surface area (TPSA) is 50.4 Å². The van der Waals surface area contributed by atoms with Crippen LogP contribution in [0.2, 0.25) is 0 Å². The summed E-state index contributed by atoms with van der Waals surface area (Å²) in [5, 5.41) is 6.18. The molecule has 1 amide bonds. The van der Waals surface area contributed by atoms with E-state index in [1.807, 2.05) is 30.3 Å². The minimum Gasteiger partial charge on any atom is -0.368 e. The van der Waals surface area contributed by atoms with E-state index in [1.165, 1.54) is 0 Å². The number of nitrogens with one attached hydrogen (secondary N) is 2. The Morgan fingerprint density at radius 2 is 1.90 bits per heavy atom. The fourth-order valence-electron chi connectivity index (χ4n) is 2.82. The molecule has 1 fully saturated rings. The van der Waals surface area contributed by atoms with Gasteiger partial charge in [0.1, 0.15) is 0 Å². The summed E-state index contributed by atoms with van der Waals surface area (Å²) < 4.78 is 6.01. The van der Waals surface area contributed by atoms with Crippen LogP contribution in [0.1, 0.15) is 34.1 Å². The molecule has 0 bridgehead atoms. The molecule has 20 heavy (non-hydrogen) atoms. The molecule has 0 unspecified atom stereocenters. The number of ether oxygens (including phenoxy) is 1. The van der Waals surface area contributed by atoms with Crippen LogP contribution >= 0.6 is 0 Å². The molecule has 2 rings (SSSR count). The van der Waals surface area contributed by atoms with Gasteiger partial charge in [0, 0.05) is 11.7 Å². The van der Waals surface area contributed by atoms with Gasteiger partial charge in [0.25, 0.3) is 0 Å². The fraction of sp³-hybridized carbons (Fsp3) is 0.562. The predicted octanol–water partition coefficient (Wildman–Crippen LogP) is 2.56. The second-order valence-corrected chi connectivity index (χ2v) is 6.52. The minimum absolute atomic E-state index is 0.0308. The van der Waals surface area contributed by atoms with Gasteiger partial charge in [0.15, 0.2) is 0 Å². The van der Waals surface area contributed by atoms with Crippen molar-refractivity contribution in [3.8, 4) is 0 Å². The van der Waals surface area contributed by atoms with E-state index in [-0.39, 0.29) is 23.2 Å². The second kappa shape index (κ2) is 5.54. The summed E-state index contributed by atoms with van der Waals surface area (Å²) in [6, 6.07) is 9.67. The van der Waals surface area contributed by atoms with E-state index >= 15 is 0 Å². The molecule has 1 aliphatic heterocycles. The van der Waals surface area contributed by atoms with Crippen molar-refractivity contribution in [1.82, 2.24) is 5.32 Å². The summed E-state index contributed by atoms with van der Waals surface area (Å²) in [7, 11) is 0. The number of para-hydroxylation sites is 1. The van der Waals surface area contributed by atoms with Crippen LogP contribution in [0.5, 0.6) is 0 Å². The zero-order chi connectivity index (χ0) is 14.8. The molecule has 1 aliphatic rings. The molecular formula is C16H24N2O2. The molecule has 4 heteroatoms. The van der Waals surface area contributed by atoms with Crippen LogP contribution in [-0.2, 0) is 9.53 Å². The molecule has 1 aromatic rings. The van der Waals surface area contributed by atoms with Gasteiger partial charge in [-0.15, -0.1) is 0 Å². The maximum absolute atomic E-state index is 11.9. The lowest BCUT2D eigenvalue weighted by molar-refractivity contribution is -0.115. The second-order valence-electron chi connectivity index (χ2n) is 6.52. The number of anilines is 1. The van der Waals surface area contributed by atoms with Crippen molar-refractivity contribution in [2.45, 2.75) is 51.4 Å². The van der Waals surface area contributed by atoms with Crippen LogP contribution in [0.4, 0.5) is 5.69 Å². The van der Waals surface area contributed by atoms with E-state index in [4.69, 9.17) is 4.74 Å². The largest absolute Gasteiger partial charge is 0.368 e. The average molecular weight is 276 g/mol. The van der Waals surface area contributed by atoms with Crippen LogP contribution in [0, 0.1) is 0 Å². The molecule has 4 nitrogen and oxygen atoms in total. The lowest BCUT2D eigenvalue weighted by Gasteiger charge is -2.27. The van der Waals surface area contributed by atoms with Crippen LogP contribution in [0.25, 0.3) is 0 Å². The lowest BCUT2D eigenvalue weighted by Crippen LogP contribution is -2.46. The normalized spacial score (nSPS) is 23.5. The molecule has 1 atom stereocenters. The highest BCUT2D eigenvalue weighted by molar-refractivity contribution is 5.92. The Morgan fingerprint density at radius 1 is 1.25 bits per heavy atom. The highest BCUT2D eigenvalue weighted by Gasteiger charge is 2.45. The maximum Gasteiger partial charge on any atom is 0.238 e. The average Bonchev–Trinajstić information content (AvgIpc) is 2.55. The van der Waals surface area contributed by atoms with Crippen molar-refractivity contribution >= 4 is 11.6 Å². The van der Waals surface area contributed by atoms with Gasteiger partial charge in [-0.3, -0.25) is 4.79 Å². The van der Waals surface area contributed by atoms with Gasteiger partial charge in [-0.1, -0.05) is 18.2 Å². The van der Waals surface area contributed by atoms with E-state index in [2.05, 4.69) is 38.3 Å². The molecule has 0 aliphatic carbocycles. The molecule has 0 radical (unpaired) electrons. The van der Waals surface area contributed by atoms with Crippen molar-refractivity contribution in [1.29, 1.82) is 0 Å². The molecule has 0 spiro atoms. The Labute approximate surface area is 120 Å². The molecule has 1 aromatic carbocycles. The van der Waals surface area contributed by atoms with E-state index in [0.717, 1.165) is 12.1 Å². The lowest BCUT2D eigenvalue weighted by atomic mass is 9.94. The van der Waals surface area contributed by atoms with Crippen molar-refractivity contribution in [2.75, 3.05) is 11.9 Å². The highest BCUT2D eigenvalue weighted by Crippen LogP contribution is 2.37. The highest BCUT2D eigenvalue weighted by atomic mass is 16.5. The Balaban J connectivity index is 1.85. The maximum atomic E-state index is 11.9. The van der Waals surface area contributed by atoms with Crippen molar-refractivity contribution in [3.63, 3.8) is 0 Å². The van der Waals surface area contributed by atoms with Crippen LogP contribution in [-0.4, -0.2) is 29.7 Å². The third-order valence-electron chi connectivity index (χ3n) is 3.64. The van der Waals surface area contributed by atoms with Gasteiger partial charge in [-0.05, 0) is 46.2 Å². The van der Waals surface area contributed by atoms with Crippen molar-refractivity contribution in [2.24, 2.45) is 0 Å². The van der Waals surface area contributed by atoms with Gasteiger partial charge >= 0.3 is 0 Å². The number of rotatable bonds is 4. The third kappa shape index (κ3) is 3.81. The van der Waals surface area contributed by atoms with Crippen LogP contribution in [0.15, 0.2) is 30.3 Å². The molecule has 1 saturated heterocycles. The molecular weight excluding hydrogens is 252 g/mol. The number of amides is 1. The van der Waals surface area contributed by atoms with Crippen LogP contribution in [0.3, 0.4) is 0 Å². The van der Waals surface area contributed by atoms with Gasteiger partial charge < -0.3 is 15.4 Å². The molecule has 0 saturated carbocycles. The third-order valence-corrected chi connectivity index (χ3v) is 3.64. The quantitative estimate of drug-likeness (QED) is 0.888. The van der Waals surface area contributed by atoms with Gasteiger partial charge in [-0.25, -0.2) is 0 Å². The number of benzene rings is 1. The van der Waals surface area contributed by atoms with Gasteiger partial charge in [0.05, 0.1) is 17.7 Å². The number of hydrogen-bond acceptors (Lipinski definition) is 3. The monoisotopic (exact) mass is 276 g/mol. The Hall–Kier alpha value is -1.39. The molecule has 1 heterocycles. The zero-order valence-electron chi connectivity index (χ0n) is 12.7. The first kappa shape index (κ1) is 15.0. The fourth-order valence-corrected chi connectivity index (χ4v) is 2.82. The van der Waals surface area contributed by atoms with E-state index < -0.39 is 0 Å². The summed E-state index contributed by atoms with van der Waals surface area (Å²) >= 11 is 0. The van der Waals surface area contributed by atoms with Crippen molar-refractivity contribution in [3.05, 3.63) is 30.3 Å². The number of carbonyl (C=O) groups is 1. The SMILES string of the molecule is CC1(C)C[C@@H](NCC(=O)Nc2ccccc2)C(C)(C)O1. The molecule has 2 N–H and O–H groups in total. The zero-order valence-corrected chi connectivity index (χ0v) is 12.7. The molecule has 110 valence electrons. The van der Waals surface area contributed by atoms with Crippen LogP contribution < -0.4 is 10.6 Å². The minimum atomic E-state index is -0.253. The van der Waals surface area contributed by atoms with Crippen molar-refractivity contribution < 1.29 is 9.53 Å². The Kier molecular flexibility index (Phi) is 4.16. The first-order chi connectivity index (χ1) is 9.28. The summed E-state index contributed by atoms with van der Waals surface area (Å²) in [6.07, 6.45) is 0.901. The predicted molar refractivity (Wildman–Crippen MR) is 80.7 cm³/mol. The molecule has 0 aromatic heterocycles. The van der Waals surface area contributed by atoms with E-state index in [1.54, 1.807) is 0 Å². The number of carbonyl (C=O) groups excluding carboxylic acids is 1. The smallest absolute Gasteiger partial charge is 0.238 e.